The first kappa shape index (κ1) is 22.7. The Balaban J connectivity index is 1.97. The third-order valence-corrected chi connectivity index (χ3v) is 4.75. The summed E-state index contributed by atoms with van der Waals surface area (Å²) in [5.74, 6) is 0.344. The van der Waals surface area contributed by atoms with Crippen LogP contribution in [0.2, 0.25) is 0 Å². The highest BCUT2D eigenvalue weighted by Crippen LogP contribution is 2.23. The van der Waals surface area contributed by atoms with Crippen molar-refractivity contribution >= 4 is 5.97 Å². The third-order valence-electron chi connectivity index (χ3n) is 4.75. The van der Waals surface area contributed by atoms with Crippen LogP contribution in [0.15, 0.2) is 55.1 Å². The molecule has 4 heteroatoms. The average molecular weight is 397 g/mol. The van der Waals surface area contributed by atoms with Gasteiger partial charge in [-0.25, -0.2) is 4.79 Å². The Morgan fingerprint density at radius 2 is 1.62 bits per heavy atom. The van der Waals surface area contributed by atoms with E-state index in [0.29, 0.717) is 6.42 Å². The number of esters is 1. The summed E-state index contributed by atoms with van der Waals surface area (Å²) in [5, 5.41) is 9.13. The Morgan fingerprint density at radius 3 is 2.28 bits per heavy atom. The number of carbonyl (C=O) groups is 1. The standard InChI is InChI=1S/C25H32O4/c1-3-6-20-8-10-21(11-9-20)12-13-22-14-15-23(7-5-16-26)24(19-22)28-17-18-29-25(27)4-2/h4,8-11,14-15,19,26H,2-3,5-7,12-13,16-18H2,1H3. The predicted molar refractivity (Wildman–Crippen MR) is 116 cm³/mol. The van der Waals surface area contributed by atoms with Gasteiger partial charge in [-0.3, -0.25) is 0 Å². The van der Waals surface area contributed by atoms with E-state index < -0.39 is 5.97 Å². The van der Waals surface area contributed by atoms with Crippen LogP contribution in [-0.4, -0.2) is 30.9 Å². The lowest BCUT2D eigenvalue weighted by Crippen LogP contribution is -2.11. The summed E-state index contributed by atoms with van der Waals surface area (Å²) in [5.41, 5.74) is 4.97. The van der Waals surface area contributed by atoms with Crippen molar-refractivity contribution in [3.63, 3.8) is 0 Å². The highest BCUT2D eigenvalue weighted by molar-refractivity contribution is 5.81. The Morgan fingerprint density at radius 1 is 0.966 bits per heavy atom. The molecule has 2 aromatic carbocycles. The summed E-state index contributed by atoms with van der Waals surface area (Å²) < 4.78 is 10.8. The maximum atomic E-state index is 11.1. The van der Waals surface area contributed by atoms with Gasteiger partial charge in [-0.05, 0) is 60.4 Å². The van der Waals surface area contributed by atoms with Gasteiger partial charge in [0.2, 0.25) is 0 Å². The fourth-order valence-corrected chi connectivity index (χ4v) is 3.17. The second-order valence-electron chi connectivity index (χ2n) is 7.06. The van der Waals surface area contributed by atoms with Crippen LogP contribution in [-0.2, 0) is 35.2 Å². The second-order valence-corrected chi connectivity index (χ2v) is 7.06. The van der Waals surface area contributed by atoms with Crippen molar-refractivity contribution in [2.45, 2.75) is 45.4 Å². The maximum Gasteiger partial charge on any atom is 0.330 e. The summed E-state index contributed by atoms with van der Waals surface area (Å²) in [7, 11) is 0. The molecule has 156 valence electrons. The molecule has 29 heavy (non-hydrogen) atoms. The summed E-state index contributed by atoms with van der Waals surface area (Å²) in [6, 6.07) is 15.1. The quantitative estimate of drug-likeness (QED) is 0.309. The molecule has 0 aromatic heterocycles. The van der Waals surface area contributed by atoms with Crippen LogP contribution < -0.4 is 4.74 Å². The predicted octanol–water partition coefficient (Wildman–Crippen LogP) is 4.46. The van der Waals surface area contributed by atoms with Gasteiger partial charge < -0.3 is 14.6 Å². The van der Waals surface area contributed by atoms with Gasteiger partial charge in [-0.2, -0.15) is 0 Å². The van der Waals surface area contributed by atoms with Gasteiger partial charge in [-0.1, -0.05) is 56.3 Å². The van der Waals surface area contributed by atoms with E-state index in [2.05, 4.69) is 56.0 Å². The van der Waals surface area contributed by atoms with Crippen molar-refractivity contribution in [3.8, 4) is 5.75 Å². The van der Waals surface area contributed by atoms with Gasteiger partial charge in [0, 0.05) is 12.7 Å². The Bertz CT molecular complexity index is 765. The second kappa shape index (κ2) is 12.8. The van der Waals surface area contributed by atoms with E-state index in [-0.39, 0.29) is 19.8 Å². The number of ether oxygens (including phenoxy) is 2. The van der Waals surface area contributed by atoms with E-state index in [4.69, 9.17) is 14.6 Å². The zero-order valence-electron chi connectivity index (χ0n) is 17.4. The number of hydrogen-bond donors (Lipinski definition) is 1. The van der Waals surface area contributed by atoms with Crippen molar-refractivity contribution in [1.82, 2.24) is 0 Å². The molecule has 0 amide bonds. The largest absolute Gasteiger partial charge is 0.490 e. The summed E-state index contributed by atoms with van der Waals surface area (Å²) in [6.45, 7) is 6.18. The number of carbonyl (C=O) groups excluding carboxylic acids is 1. The topological polar surface area (TPSA) is 55.8 Å². The smallest absolute Gasteiger partial charge is 0.330 e. The van der Waals surface area contributed by atoms with Crippen LogP contribution in [0.5, 0.6) is 5.75 Å². The van der Waals surface area contributed by atoms with Crippen molar-refractivity contribution < 1.29 is 19.4 Å². The molecule has 0 aliphatic carbocycles. The lowest BCUT2D eigenvalue weighted by atomic mass is 9.99. The van der Waals surface area contributed by atoms with E-state index in [0.717, 1.165) is 49.5 Å². The molecule has 0 aliphatic rings. The maximum absolute atomic E-state index is 11.1. The molecule has 2 aromatic rings. The Labute approximate surface area is 174 Å². The highest BCUT2D eigenvalue weighted by Gasteiger charge is 2.07. The molecule has 0 fully saturated rings. The molecule has 1 N–H and O–H groups in total. The van der Waals surface area contributed by atoms with Crippen molar-refractivity contribution in [2.24, 2.45) is 0 Å². The lowest BCUT2D eigenvalue weighted by molar-refractivity contribution is -0.138. The Hall–Kier alpha value is -2.59. The third kappa shape index (κ3) is 8.12. The minimum Gasteiger partial charge on any atom is -0.490 e. The summed E-state index contributed by atoms with van der Waals surface area (Å²) in [4.78, 5) is 11.1. The molecule has 0 bridgehead atoms. The van der Waals surface area contributed by atoms with Gasteiger partial charge in [0.05, 0.1) is 0 Å². The number of benzene rings is 2. The van der Waals surface area contributed by atoms with E-state index in [9.17, 15) is 4.79 Å². The zero-order chi connectivity index (χ0) is 20.9. The SMILES string of the molecule is C=CC(=O)OCCOc1cc(CCc2ccc(CCC)cc2)ccc1CCCO. The number of aliphatic hydroxyl groups is 1. The average Bonchev–Trinajstić information content (AvgIpc) is 2.75. The molecule has 0 unspecified atom stereocenters. The molecule has 2 rings (SSSR count). The normalized spacial score (nSPS) is 10.6. The monoisotopic (exact) mass is 396 g/mol. The first-order valence-corrected chi connectivity index (χ1v) is 10.4. The summed E-state index contributed by atoms with van der Waals surface area (Å²) >= 11 is 0. The highest BCUT2D eigenvalue weighted by atomic mass is 16.6. The number of rotatable bonds is 13. The van der Waals surface area contributed by atoms with E-state index in [1.165, 1.54) is 16.7 Å². The molecule has 4 nitrogen and oxygen atoms in total. The first-order valence-electron chi connectivity index (χ1n) is 10.4. The minimum absolute atomic E-state index is 0.145. The van der Waals surface area contributed by atoms with E-state index in [1.807, 2.05) is 0 Å². The zero-order valence-corrected chi connectivity index (χ0v) is 17.4. The molecule has 0 saturated carbocycles. The van der Waals surface area contributed by atoms with Gasteiger partial charge >= 0.3 is 5.97 Å². The van der Waals surface area contributed by atoms with Crippen molar-refractivity contribution in [1.29, 1.82) is 0 Å². The van der Waals surface area contributed by atoms with Crippen LogP contribution >= 0.6 is 0 Å². The van der Waals surface area contributed by atoms with E-state index in [1.54, 1.807) is 0 Å². The van der Waals surface area contributed by atoms with Gasteiger partial charge in [0.1, 0.15) is 19.0 Å². The van der Waals surface area contributed by atoms with Crippen LogP contribution in [0.3, 0.4) is 0 Å². The molecule has 0 saturated heterocycles. The van der Waals surface area contributed by atoms with Gasteiger partial charge in [-0.15, -0.1) is 0 Å². The molecular weight excluding hydrogens is 364 g/mol. The van der Waals surface area contributed by atoms with Gasteiger partial charge in [0.15, 0.2) is 0 Å². The van der Waals surface area contributed by atoms with Crippen LogP contribution in [0.1, 0.15) is 42.0 Å². The van der Waals surface area contributed by atoms with Crippen molar-refractivity contribution in [3.05, 3.63) is 77.4 Å². The summed E-state index contributed by atoms with van der Waals surface area (Å²) in [6.07, 6.45) is 6.76. The van der Waals surface area contributed by atoms with Crippen LogP contribution in [0, 0.1) is 0 Å². The fraction of sp³-hybridized carbons (Fsp3) is 0.400. The number of hydrogen-bond acceptors (Lipinski definition) is 4. The molecular formula is C25H32O4. The van der Waals surface area contributed by atoms with E-state index >= 15 is 0 Å². The number of aliphatic hydroxyl groups excluding tert-OH is 1. The molecule has 0 spiro atoms. The minimum atomic E-state index is -0.451. The first-order chi connectivity index (χ1) is 14.2. The van der Waals surface area contributed by atoms with Crippen LogP contribution in [0.25, 0.3) is 0 Å². The molecule has 0 aliphatic heterocycles. The fourth-order valence-electron chi connectivity index (χ4n) is 3.17. The number of aryl methyl sites for hydroxylation is 4. The molecule has 0 atom stereocenters. The molecule has 0 radical (unpaired) electrons. The van der Waals surface area contributed by atoms with Crippen molar-refractivity contribution in [2.75, 3.05) is 19.8 Å². The molecule has 0 heterocycles. The van der Waals surface area contributed by atoms with Gasteiger partial charge in [0.25, 0.3) is 0 Å². The lowest BCUT2D eigenvalue weighted by Gasteiger charge is -2.13. The van der Waals surface area contributed by atoms with Crippen LogP contribution in [0.4, 0.5) is 0 Å². The Kier molecular flexibility index (Phi) is 10.0.